The van der Waals surface area contributed by atoms with E-state index in [0.29, 0.717) is 57.8 Å². The van der Waals surface area contributed by atoms with Gasteiger partial charge in [0.2, 0.25) is 5.79 Å². The fourth-order valence-corrected chi connectivity index (χ4v) is 11.0. The molecule has 4 fully saturated rings. The van der Waals surface area contributed by atoms with E-state index in [-0.39, 0.29) is 35.7 Å². The quantitative estimate of drug-likeness (QED) is 0.128. The van der Waals surface area contributed by atoms with Crippen LogP contribution in [0.25, 0.3) is 0 Å². The lowest BCUT2D eigenvalue weighted by atomic mass is 9.72. The largest absolute Gasteiger partial charge is 0.481 e. The molecular weight excluding hydrogens is 759 g/mol. The van der Waals surface area contributed by atoms with Crippen molar-refractivity contribution in [2.75, 3.05) is 0 Å². The van der Waals surface area contributed by atoms with Crippen LogP contribution in [0.15, 0.2) is 12.2 Å². The number of nitrogens with one attached hydrogen (secondary N) is 1. The van der Waals surface area contributed by atoms with E-state index in [9.17, 15) is 29.7 Å². The van der Waals surface area contributed by atoms with E-state index in [1.807, 2.05) is 67.5 Å². The van der Waals surface area contributed by atoms with Crippen molar-refractivity contribution < 1.29 is 58.1 Å². The molecule has 2 spiro atoms. The summed E-state index contributed by atoms with van der Waals surface area (Å²) in [5.74, 6) is -6.18. The van der Waals surface area contributed by atoms with Crippen LogP contribution >= 0.6 is 0 Å². The first-order valence-corrected chi connectivity index (χ1v) is 22.8. The second kappa shape index (κ2) is 18.7. The molecule has 0 aliphatic carbocycles. The summed E-state index contributed by atoms with van der Waals surface area (Å²) in [6.07, 6.45) is 4.65. The highest BCUT2D eigenvalue weighted by Gasteiger charge is 2.64. The molecule has 13 heteroatoms. The van der Waals surface area contributed by atoms with Crippen LogP contribution in [0.3, 0.4) is 0 Å². The number of amides is 1. The van der Waals surface area contributed by atoms with Crippen LogP contribution in [0.4, 0.5) is 4.79 Å². The summed E-state index contributed by atoms with van der Waals surface area (Å²) >= 11 is 0. The topological polar surface area (TPSA) is 179 Å². The van der Waals surface area contributed by atoms with Crippen molar-refractivity contribution >= 4 is 17.8 Å². The first kappa shape index (κ1) is 47.9. The zero-order valence-electron chi connectivity index (χ0n) is 37.9. The van der Waals surface area contributed by atoms with E-state index in [2.05, 4.69) is 26.1 Å². The summed E-state index contributed by atoms with van der Waals surface area (Å²) in [4.78, 5) is 39.7. The van der Waals surface area contributed by atoms with Crippen LogP contribution in [-0.2, 0) is 38.0 Å². The fraction of sp³-hybridized carbons (Fsp3) is 0.891. The second-order valence-electron chi connectivity index (χ2n) is 19.6. The summed E-state index contributed by atoms with van der Waals surface area (Å²) in [6, 6.07) is -0.153. The number of alkyl carbamates (subject to hydrolysis) is 1. The Balaban J connectivity index is 1.39. The predicted molar refractivity (Wildman–Crippen MR) is 221 cm³/mol. The summed E-state index contributed by atoms with van der Waals surface area (Å²) in [6.45, 7) is 23.3. The number of ether oxygens (including phenoxy) is 6. The lowest BCUT2D eigenvalue weighted by Gasteiger charge is -2.54. The smallest absolute Gasteiger partial charge is 0.408 e. The van der Waals surface area contributed by atoms with Gasteiger partial charge in [-0.2, -0.15) is 0 Å². The van der Waals surface area contributed by atoms with Gasteiger partial charge in [0.25, 0.3) is 0 Å². The number of aliphatic hydroxyl groups excluding tert-OH is 1. The van der Waals surface area contributed by atoms with E-state index in [1.165, 1.54) is 0 Å². The summed E-state index contributed by atoms with van der Waals surface area (Å²) in [5, 5.41) is 35.7. The van der Waals surface area contributed by atoms with Gasteiger partial charge in [-0.3, -0.25) is 9.59 Å². The predicted octanol–water partition coefficient (Wildman–Crippen LogP) is 7.33. The SMILES string of the molecule is CC[C@@H](C(=O)[C@@H](C)[C@@H](O)[C@H](C)[C@@H]1O[C@@H]([C@@H](CC)C(=O)O)CCC1C)[C@H]1O[C@]2(C=C[C@@H](OC(=O)NC(C)C)[C@]3(CC[C@@](C)([C@H]4CC[C@](O)(CC)[C@H](C)O4)O3)O2)[C@H](C)C[C@@H]1C. The molecule has 18 atom stereocenters. The average molecular weight is 836 g/mol. The number of hydrogen-bond donors (Lipinski definition) is 4. The highest BCUT2D eigenvalue weighted by atomic mass is 16.8. The Hall–Kier alpha value is -2.13. The number of carbonyl (C=O) groups excluding carboxylic acids is 2. The maximum absolute atomic E-state index is 14.6. The van der Waals surface area contributed by atoms with Gasteiger partial charge in [0.05, 0.1) is 53.7 Å². The Morgan fingerprint density at radius 1 is 0.881 bits per heavy atom. The van der Waals surface area contributed by atoms with Gasteiger partial charge in [0.1, 0.15) is 5.78 Å². The lowest BCUT2D eigenvalue weighted by Crippen LogP contribution is -2.64. The molecule has 59 heavy (non-hydrogen) atoms. The highest BCUT2D eigenvalue weighted by molar-refractivity contribution is 5.84. The van der Waals surface area contributed by atoms with Crippen molar-refractivity contribution in [3.63, 3.8) is 0 Å². The highest BCUT2D eigenvalue weighted by Crippen LogP contribution is 2.54. The van der Waals surface area contributed by atoms with Crippen molar-refractivity contribution in [3.05, 3.63) is 12.2 Å². The Morgan fingerprint density at radius 2 is 1.56 bits per heavy atom. The van der Waals surface area contributed by atoms with Gasteiger partial charge in [0.15, 0.2) is 11.9 Å². The first-order valence-electron chi connectivity index (χ1n) is 22.8. The number of carbonyl (C=O) groups is 3. The number of ketones is 1. The van der Waals surface area contributed by atoms with Gasteiger partial charge < -0.3 is 49.1 Å². The zero-order chi connectivity index (χ0) is 43.8. The van der Waals surface area contributed by atoms with Gasteiger partial charge in [-0.05, 0) is 109 Å². The molecule has 1 amide bonds. The Morgan fingerprint density at radius 3 is 2.15 bits per heavy atom. The van der Waals surface area contributed by atoms with Crippen LogP contribution in [0.5, 0.6) is 0 Å². The van der Waals surface area contributed by atoms with E-state index in [4.69, 9.17) is 28.4 Å². The Labute approximate surface area is 353 Å². The minimum Gasteiger partial charge on any atom is -0.481 e. The molecule has 0 aromatic carbocycles. The number of hydrogen-bond acceptors (Lipinski definition) is 11. The third-order valence-corrected chi connectivity index (χ3v) is 15.1. The van der Waals surface area contributed by atoms with Gasteiger partial charge in [-0.15, -0.1) is 0 Å². The van der Waals surface area contributed by atoms with Crippen LogP contribution in [0, 0.1) is 41.4 Å². The van der Waals surface area contributed by atoms with E-state index >= 15 is 0 Å². The van der Waals surface area contributed by atoms with Crippen molar-refractivity contribution in [1.29, 1.82) is 0 Å². The van der Waals surface area contributed by atoms with Crippen molar-refractivity contribution in [3.8, 4) is 0 Å². The summed E-state index contributed by atoms with van der Waals surface area (Å²) in [5.41, 5.74) is -1.75. The molecule has 0 aromatic rings. The van der Waals surface area contributed by atoms with E-state index < -0.39 is 95.1 Å². The maximum atomic E-state index is 14.6. The molecule has 0 aromatic heterocycles. The summed E-state index contributed by atoms with van der Waals surface area (Å²) < 4.78 is 40.3. The molecule has 13 nitrogen and oxygen atoms in total. The fourth-order valence-electron chi connectivity index (χ4n) is 11.0. The lowest BCUT2D eigenvalue weighted by molar-refractivity contribution is -0.408. The summed E-state index contributed by atoms with van der Waals surface area (Å²) in [7, 11) is 0. The number of Topliss-reactive ketones (excluding diaryl/α,β-unsaturated/α-hetero) is 1. The third-order valence-electron chi connectivity index (χ3n) is 15.1. The van der Waals surface area contributed by atoms with Crippen molar-refractivity contribution in [1.82, 2.24) is 5.32 Å². The number of rotatable bonds is 14. The minimum atomic E-state index is -1.43. The Kier molecular flexibility index (Phi) is 15.2. The van der Waals surface area contributed by atoms with Crippen LogP contribution in [0.2, 0.25) is 0 Å². The molecule has 5 rings (SSSR count). The normalized spacial score (nSPS) is 42.6. The number of aliphatic hydroxyl groups is 2. The number of carboxylic acids is 1. The van der Waals surface area contributed by atoms with Gasteiger partial charge in [-0.1, -0.05) is 55.4 Å². The average Bonchev–Trinajstić information content (AvgIpc) is 3.52. The van der Waals surface area contributed by atoms with E-state index in [0.717, 1.165) is 6.42 Å². The minimum absolute atomic E-state index is 0.0290. The number of aliphatic carboxylic acids is 1. The van der Waals surface area contributed by atoms with Crippen molar-refractivity contribution in [2.45, 2.75) is 219 Å². The molecule has 0 saturated carbocycles. The molecule has 4 N–H and O–H groups in total. The first-order chi connectivity index (χ1) is 27.6. The molecular formula is C46H77NO12. The number of carboxylic acid groups (broad SMARTS) is 1. The van der Waals surface area contributed by atoms with Gasteiger partial charge in [-0.25, -0.2) is 4.79 Å². The maximum Gasteiger partial charge on any atom is 0.408 e. The molecule has 338 valence electrons. The molecule has 0 radical (unpaired) electrons. The van der Waals surface area contributed by atoms with Crippen molar-refractivity contribution in [2.24, 2.45) is 41.4 Å². The molecule has 4 saturated heterocycles. The standard InChI is InChI=1S/C46H77NO12/c1-13-32(41(50)51)34-17-16-26(6)39(55-34)30(10)37(48)29(9)38(49)33(14-2)40-27(7)24-28(8)45(57-40)21-19-36(56-42(52)47-25(4)5)46(59-45)23-22-43(12,58-46)35-18-20-44(53,15-3)31(11)54-35/h19,21,25-37,39-40,48,53H,13-18,20,22-24H2,1-12H3,(H,47,52)(H,50,51)/t26?,27-,28+,29-,30-,31-,32+,33-,34+,35+,36+,37+,39+,40-,43-,44+,45-,46-/m0/s1. The molecule has 5 aliphatic heterocycles. The monoisotopic (exact) mass is 836 g/mol. The second-order valence-corrected chi connectivity index (χ2v) is 19.6. The third kappa shape index (κ3) is 9.61. The van der Waals surface area contributed by atoms with Gasteiger partial charge in [0, 0.05) is 36.1 Å². The van der Waals surface area contributed by atoms with Crippen LogP contribution < -0.4 is 5.32 Å². The van der Waals surface area contributed by atoms with Crippen LogP contribution in [-0.4, -0.2) is 105 Å². The Bertz CT molecular complexity index is 1510. The molecule has 5 aliphatic rings. The molecule has 5 heterocycles. The van der Waals surface area contributed by atoms with Gasteiger partial charge >= 0.3 is 12.1 Å². The molecule has 1 unspecified atom stereocenters. The zero-order valence-corrected chi connectivity index (χ0v) is 37.9. The van der Waals surface area contributed by atoms with E-state index in [1.54, 1.807) is 6.92 Å². The van der Waals surface area contributed by atoms with Crippen LogP contribution in [0.1, 0.15) is 147 Å². The molecule has 0 bridgehead atoms.